The van der Waals surface area contributed by atoms with Crippen LogP contribution in [0.4, 0.5) is 10.7 Å². The third kappa shape index (κ3) is 3.06. The lowest BCUT2D eigenvalue weighted by molar-refractivity contribution is 0.459. The van der Waals surface area contributed by atoms with Gasteiger partial charge in [-0.25, -0.2) is 18.5 Å². The van der Waals surface area contributed by atoms with Gasteiger partial charge in [0.05, 0.1) is 16.6 Å². The summed E-state index contributed by atoms with van der Waals surface area (Å²) in [6.45, 7) is 0. The number of hydrogen-bond acceptors (Lipinski definition) is 9. The zero-order valence-electron chi connectivity index (χ0n) is 11.8. The zero-order valence-corrected chi connectivity index (χ0v) is 13.4. The lowest BCUT2D eigenvalue weighted by Crippen LogP contribution is -2.12. The van der Waals surface area contributed by atoms with E-state index in [-0.39, 0.29) is 5.69 Å². The molecule has 0 spiro atoms. The summed E-state index contributed by atoms with van der Waals surface area (Å²) in [4.78, 5) is 3.59. The van der Waals surface area contributed by atoms with E-state index >= 15 is 0 Å². The summed E-state index contributed by atoms with van der Waals surface area (Å²) in [5.74, 6) is -0.470. The highest BCUT2D eigenvalue weighted by molar-refractivity contribution is 7.89. The Hall–Kier alpha value is -2.94. The normalized spacial score (nSPS) is 11.8. The predicted octanol–water partition coefficient (Wildman–Crippen LogP) is 2.33. The molecule has 0 aliphatic rings. The van der Waals surface area contributed by atoms with Gasteiger partial charge < -0.3 is 5.11 Å². The number of rotatable bonds is 3. The van der Waals surface area contributed by atoms with Gasteiger partial charge in [0, 0.05) is 6.20 Å². The maximum Gasteiger partial charge on any atom is 0.241 e. The van der Waals surface area contributed by atoms with Crippen molar-refractivity contribution in [2.75, 3.05) is 0 Å². The fourth-order valence-corrected chi connectivity index (χ4v) is 3.14. The fourth-order valence-electron chi connectivity index (χ4n) is 1.85. The van der Waals surface area contributed by atoms with Crippen LogP contribution in [-0.4, -0.2) is 22.9 Å². The van der Waals surface area contributed by atoms with Crippen LogP contribution >= 0.6 is 11.5 Å². The standard InChI is InChI=1S/C13H8N6O3S2/c14-5-7-3-9-12(16-6-7)19-23-13(9)18-17-8-1-2-10(20)11(4-8)24(15,21)22/h1-4,6,20H,(H2,15,21,22). The van der Waals surface area contributed by atoms with Gasteiger partial charge in [-0.3, -0.25) is 0 Å². The summed E-state index contributed by atoms with van der Waals surface area (Å²) >= 11 is 1.04. The molecular formula is C13H8N6O3S2. The largest absolute Gasteiger partial charge is 0.507 e. The Bertz CT molecular complexity index is 1110. The van der Waals surface area contributed by atoms with Crippen LogP contribution in [0.3, 0.4) is 0 Å². The van der Waals surface area contributed by atoms with E-state index in [2.05, 4.69) is 19.6 Å². The molecule has 2 aromatic heterocycles. The Balaban J connectivity index is 2.02. The highest BCUT2D eigenvalue weighted by Gasteiger charge is 2.14. The van der Waals surface area contributed by atoms with Gasteiger partial charge in [-0.2, -0.15) is 9.64 Å². The summed E-state index contributed by atoms with van der Waals surface area (Å²) in [6, 6.07) is 7.22. The number of sulfonamides is 1. The number of azo groups is 1. The molecule has 3 aromatic rings. The SMILES string of the molecule is N#Cc1cnc2nsc(N=Nc3ccc(O)c(S(N)(=O)=O)c3)c2c1. The van der Waals surface area contributed by atoms with Gasteiger partial charge in [0.1, 0.15) is 16.7 Å². The quantitative estimate of drug-likeness (QED) is 0.683. The molecule has 0 saturated heterocycles. The Morgan fingerprint density at radius 1 is 1.29 bits per heavy atom. The molecule has 2 heterocycles. The third-order valence-electron chi connectivity index (χ3n) is 2.95. The van der Waals surface area contributed by atoms with E-state index in [0.29, 0.717) is 21.6 Å². The van der Waals surface area contributed by atoms with Gasteiger partial charge in [-0.1, -0.05) is 0 Å². The van der Waals surface area contributed by atoms with Crippen molar-refractivity contribution in [3.8, 4) is 11.8 Å². The van der Waals surface area contributed by atoms with E-state index in [4.69, 9.17) is 10.4 Å². The monoisotopic (exact) mass is 360 g/mol. The maximum atomic E-state index is 11.4. The lowest BCUT2D eigenvalue weighted by Gasteiger charge is -2.02. The van der Waals surface area contributed by atoms with Crippen LogP contribution in [0.2, 0.25) is 0 Å². The van der Waals surface area contributed by atoms with E-state index in [9.17, 15) is 13.5 Å². The molecule has 0 bridgehead atoms. The van der Waals surface area contributed by atoms with Crippen molar-refractivity contribution < 1.29 is 13.5 Å². The van der Waals surface area contributed by atoms with Crippen LogP contribution in [0.25, 0.3) is 11.0 Å². The number of nitriles is 1. The van der Waals surface area contributed by atoms with Crippen LogP contribution < -0.4 is 5.14 Å². The molecule has 0 radical (unpaired) electrons. The van der Waals surface area contributed by atoms with E-state index in [0.717, 1.165) is 23.7 Å². The minimum atomic E-state index is -4.08. The van der Waals surface area contributed by atoms with Crippen LogP contribution in [0, 0.1) is 11.3 Å². The molecule has 0 saturated carbocycles. The summed E-state index contributed by atoms with van der Waals surface area (Å²) in [5.41, 5.74) is 0.979. The molecule has 3 rings (SSSR count). The molecule has 1 aromatic carbocycles. The number of primary sulfonamides is 1. The molecule has 9 nitrogen and oxygen atoms in total. The third-order valence-corrected chi connectivity index (χ3v) is 4.63. The zero-order chi connectivity index (χ0) is 17.3. The molecule has 0 fully saturated rings. The van der Waals surface area contributed by atoms with Crippen molar-refractivity contribution in [2.24, 2.45) is 15.4 Å². The average molecular weight is 360 g/mol. The number of hydrogen-bond donors (Lipinski definition) is 2. The number of aromatic hydroxyl groups is 1. The molecular weight excluding hydrogens is 352 g/mol. The van der Waals surface area contributed by atoms with Crippen LogP contribution in [0.15, 0.2) is 45.6 Å². The first-order valence-corrected chi connectivity index (χ1v) is 8.63. The topological polar surface area (TPSA) is 155 Å². The van der Waals surface area contributed by atoms with Crippen molar-refractivity contribution in [3.63, 3.8) is 0 Å². The van der Waals surface area contributed by atoms with E-state index < -0.39 is 20.7 Å². The maximum absolute atomic E-state index is 11.4. The lowest BCUT2D eigenvalue weighted by atomic mass is 10.2. The highest BCUT2D eigenvalue weighted by atomic mass is 32.2. The summed E-state index contributed by atoms with van der Waals surface area (Å²) < 4.78 is 26.9. The summed E-state index contributed by atoms with van der Waals surface area (Å²) in [7, 11) is -4.08. The Labute approximate surface area is 139 Å². The average Bonchev–Trinajstić information content (AvgIpc) is 2.95. The number of benzene rings is 1. The highest BCUT2D eigenvalue weighted by Crippen LogP contribution is 2.32. The molecule has 0 amide bonds. The minimum absolute atomic E-state index is 0.183. The van der Waals surface area contributed by atoms with Crippen LogP contribution in [-0.2, 0) is 10.0 Å². The van der Waals surface area contributed by atoms with Crippen LogP contribution in [0.5, 0.6) is 5.75 Å². The molecule has 11 heteroatoms. The first kappa shape index (κ1) is 15.9. The van der Waals surface area contributed by atoms with Gasteiger partial charge in [0.25, 0.3) is 0 Å². The van der Waals surface area contributed by atoms with Gasteiger partial charge in [-0.05, 0) is 35.8 Å². The van der Waals surface area contributed by atoms with E-state index in [1.807, 2.05) is 6.07 Å². The molecule has 24 heavy (non-hydrogen) atoms. The summed E-state index contributed by atoms with van der Waals surface area (Å²) in [6.07, 6.45) is 1.40. The molecule has 0 aliphatic carbocycles. The number of pyridine rings is 1. The van der Waals surface area contributed by atoms with Gasteiger partial charge in [0.2, 0.25) is 10.0 Å². The number of phenolic OH excluding ortho intramolecular Hbond substituents is 1. The molecule has 120 valence electrons. The summed E-state index contributed by atoms with van der Waals surface area (Å²) in [5, 5.41) is 32.4. The second-order valence-corrected chi connectivity index (χ2v) is 6.87. The van der Waals surface area contributed by atoms with Crippen molar-refractivity contribution >= 4 is 43.3 Å². The molecule has 3 N–H and O–H groups in total. The number of aromatic nitrogens is 2. The molecule has 0 unspecified atom stereocenters. The number of phenols is 1. The second kappa shape index (κ2) is 5.93. The van der Waals surface area contributed by atoms with E-state index in [1.54, 1.807) is 6.07 Å². The van der Waals surface area contributed by atoms with Gasteiger partial charge in [0.15, 0.2) is 10.6 Å². The van der Waals surface area contributed by atoms with E-state index in [1.165, 1.54) is 12.3 Å². The molecule has 0 aliphatic heterocycles. The first-order valence-electron chi connectivity index (χ1n) is 6.31. The van der Waals surface area contributed by atoms with Crippen LogP contribution in [0.1, 0.15) is 5.56 Å². The Morgan fingerprint density at radius 2 is 2.08 bits per heavy atom. The Morgan fingerprint density at radius 3 is 2.79 bits per heavy atom. The smallest absolute Gasteiger partial charge is 0.241 e. The molecule has 0 atom stereocenters. The second-order valence-electron chi connectivity index (χ2n) is 4.59. The number of fused-ring (bicyclic) bond motifs is 1. The predicted molar refractivity (Wildman–Crippen MR) is 85.8 cm³/mol. The minimum Gasteiger partial charge on any atom is -0.507 e. The fraction of sp³-hybridized carbons (Fsp3) is 0. The Kier molecular flexibility index (Phi) is 3.94. The van der Waals surface area contributed by atoms with Crippen molar-refractivity contribution in [2.45, 2.75) is 4.90 Å². The first-order chi connectivity index (χ1) is 11.4. The van der Waals surface area contributed by atoms with Gasteiger partial charge in [-0.15, -0.1) is 10.2 Å². The number of nitrogens with zero attached hydrogens (tertiary/aromatic N) is 5. The van der Waals surface area contributed by atoms with Gasteiger partial charge >= 0.3 is 0 Å². The van der Waals surface area contributed by atoms with Crippen molar-refractivity contribution in [1.82, 2.24) is 9.36 Å². The van der Waals surface area contributed by atoms with Crippen molar-refractivity contribution in [3.05, 3.63) is 36.0 Å². The number of nitrogens with two attached hydrogens (primary N) is 1. The van der Waals surface area contributed by atoms with Crippen molar-refractivity contribution in [1.29, 1.82) is 5.26 Å².